The van der Waals surface area contributed by atoms with E-state index in [1.54, 1.807) is 6.07 Å². The summed E-state index contributed by atoms with van der Waals surface area (Å²) in [6.07, 6.45) is 9.57. The first-order chi connectivity index (χ1) is 20.1. The van der Waals surface area contributed by atoms with Gasteiger partial charge >= 0.3 is 6.03 Å². The summed E-state index contributed by atoms with van der Waals surface area (Å²) in [7, 11) is 0. The fourth-order valence-corrected chi connectivity index (χ4v) is 7.85. The normalized spacial score (nSPS) is 24.1. The van der Waals surface area contributed by atoms with Gasteiger partial charge in [-0.15, -0.1) is 0 Å². The Hall–Kier alpha value is -3.38. The quantitative estimate of drug-likeness (QED) is 0.389. The van der Waals surface area contributed by atoms with Crippen LogP contribution in [0.5, 0.6) is 0 Å². The molecule has 2 aromatic carbocycles. The highest BCUT2D eigenvalue weighted by Crippen LogP contribution is 2.49. The lowest BCUT2D eigenvalue weighted by Crippen LogP contribution is -2.57. The number of rotatable bonds is 6. The molecule has 6 rings (SSSR count). The minimum Gasteiger partial charge on any atom is -0.324 e. The summed E-state index contributed by atoms with van der Waals surface area (Å²) in [4.78, 5) is 31.7. The highest BCUT2D eigenvalue weighted by Gasteiger charge is 2.47. The molecule has 0 unspecified atom stereocenters. The van der Waals surface area contributed by atoms with E-state index in [4.69, 9.17) is 0 Å². The van der Waals surface area contributed by atoms with E-state index >= 15 is 0 Å². The van der Waals surface area contributed by atoms with Gasteiger partial charge in [-0.1, -0.05) is 80.4 Å². The van der Waals surface area contributed by atoms with Crippen molar-refractivity contribution >= 4 is 6.03 Å². The fourth-order valence-electron chi connectivity index (χ4n) is 7.85. The monoisotopic (exact) mass is 552 g/mol. The molecule has 41 heavy (non-hydrogen) atoms. The molecule has 3 aliphatic rings. The van der Waals surface area contributed by atoms with Crippen molar-refractivity contribution in [1.29, 1.82) is 0 Å². The molecule has 2 amide bonds. The van der Waals surface area contributed by atoms with Crippen LogP contribution in [-0.2, 0) is 6.54 Å². The number of amides is 2. The van der Waals surface area contributed by atoms with Crippen molar-refractivity contribution in [2.45, 2.75) is 70.5 Å². The summed E-state index contributed by atoms with van der Waals surface area (Å²) in [6, 6.07) is 25.2. The van der Waals surface area contributed by atoms with Crippen LogP contribution in [0, 0.1) is 11.3 Å². The van der Waals surface area contributed by atoms with Gasteiger partial charge in [0.1, 0.15) is 0 Å². The minimum atomic E-state index is 0.0623. The predicted octanol–water partition coefficient (Wildman–Crippen LogP) is 6.33. The topological polar surface area (TPSA) is 57.6 Å². The molecule has 0 radical (unpaired) electrons. The molecule has 3 fully saturated rings. The van der Waals surface area contributed by atoms with Crippen molar-refractivity contribution in [2.75, 3.05) is 26.2 Å². The number of carbonyl (C=O) groups is 1. The Morgan fingerprint density at radius 2 is 1.66 bits per heavy atom. The van der Waals surface area contributed by atoms with E-state index in [0.717, 1.165) is 76.0 Å². The van der Waals surface area contributed by atoms with Crippen LogP contribution in [0.2, 0.25) is 0 Å². The number of carbonyl (C=O) groups excluding carboxylic acids is 1. The third-order valence-corrected chi connectivity index (χ3v) is 10.0. The van der Waals surface area contributed by atoms with Crippen molar-refractivity contribution in [2.24, 2.45) is 11.3 Å². The number of benzene rings is 2. The molecule has 1 aliphatic carbocycles. The lowest BCUT2D eigenvalue weighted by atomic mass is 9.69. The Morgan fingerprint density at radius 3 is 2.37 bits per heavy atom. The van der Waals surface area contributed by atoms with Gasteiger partial charge < -0.3 is 19.7 Å². The van der Waals surface area contributed by atoms with Gasteiger partial charge in [-0.05, 0) is 72.7 Å². The minimum absolute atomic E-state index is 0.0623. The van der Waals surface area contributed by atoms with Crippen LogP contribution in [0.15, 0.2) is 83.8 Å². The second-order valence-corrected chi connectivity index (χ2v) is 12.4. The van der Waals surface area contributed by atoms with E-state index in [-0.39, 0.29) is 23.0 Å². The molecule has 2 aliphatic heterocycles. The Morgan fingerprint density at radius 1 is 0.927 bits per heavy atom. The van der Waals surface area contributed by atoms with Crippen LogP contribution in [0.3, 0.4) is 0 Å². The van der Waals surface area contributed by atoms with Crippen molar-refractivity contribution in [1.82, 2.24) is 19.7 Å². The van der Waals surface area contributed by atoms with E-state index < -0.39 is 0 Å². The number of aromatic nitrogens is 1. The highest BCUT2D eigenvalue weighted by molar-refractivity contribution is 5.75. The standard InChI is InChI=1S/C35H44N4O2/c1-2-36-31-17-22-39(32(24-31)28-13-7-4-8-14-28)34(41)38-21-16-30(35(26-38)18-9-10-19-35)25-37-20-15-29(23-33(37)40)27-11-5-3-6-12-27/h3-8,11-15,20,23,30-32,36H,2,9-10,16-19,21-22,24-26H2,1H3/t30-,31+,32-/m0/s1. The summed E-state index contributed by atoms with van der Waals surface area (Å²) in [6.45, 7) is 6.20. The largest absolute Gasteiger partial charge is 0.324 e. The predicted molar refractivity (Wildman–Crippen MR) is 165 cm³/mol. The van der Waals surface area contributed by atoms with Gasteiger partial charge in [0.2, 0.25) is 0 Å². The zero-order valence-electron chi connectivity index (χ0n) is 24.4. The van der Waals surface area contributed by atoms with Gasteiger partial charge in [0.15, 0.2) is 0 Å². The number of nitrogens with one attached hydrogen (secondary N) is 1. The summed E-state index contributed by atoms with van der Waals surface area (Å²) in [5.74, 6) is 0.402. The first-order valence-electron chi connectivity index (χ1n) is 15.7. The molecule has 6 heteroatoms. The van der Waals surface area contributed by atoms with Crippen LogP contribution in [0.4, 0.5) is 4.79 Å². The molecule has 3 heterocycles. The van der Waals surface area contributed by atoms with Crippen molar-refractivity contribution < 1.29 is 4.79 Å². The van der Waals surface area contributed by atoms with Crippen molar-refractivity contribution in [3.05, 3.63) is 94.9 Å². The van der Waals surface area contributed by atoms with Gasteiger partial charge in [-0.2, -0.15) is 0 Å². The molecule has 1 N–H and O–H groups in total. The zero-order chi connectivity index (χ0) is 28.2. The van der Waals surface area contributed by atoms with Gasteiger partial charge in [0.05, 0.1) is 6.04 Å². The van der Waals surface area contributed by atoms with Gasteiger partial charge in [0, 0.05) is 44.5 Å². The van der Waals surface area contributed by atoms with E-state index in [2.05, 4.69) is 58.4 Å². The lowest BCUT2D eigenvalue weighted by Gasteiger charge is -2.49. The van der Waals surface area contributed by atoms with Crippen molar-refractivity contribution in [3.63, 3.8) is 0 Å². The third-order valence-electron chi connectivity index (χ3n) is 10.0. The number of pyridine rings is 1. The van der Waals surface area contributed by atoms with Gasteiger partial charge in [-0.25, -0.2) is 4.79 Å². The molecular formula is C35H44N4O2. The maximum atomic E-state index is 14.2. The first-order valence-corrected chi connectivity index (χ1v) is 15.7. The van der Waals surface area contributed by atoms with Crippen LogP contribution in [-0.4, -0.2) is 52.6 Å². The van der Waals surface area contributed by atoms with Crippen LogP contribution in [0.25, 0.3) is 11.1 Å². The van der Waals surface area contributed by atoms with Gasteiger partial charge in [0.25, 0.3) is 5.56 Å². The SMILES string of the molecule is CCN[C@@H]1CCN(C(=O)N2CC[C@@H](Cn3ccc(-c4ccccc4)cc3=O)C3(CCCC3)C2)[C@H](c2ccccc2)C1. The third kappa shape index (κ3) is 5.85. The van der Waals surface area contributed by atoms with Crippen LogP contribution < -0.4 is 10.9 Å². The number of hydrogen-bond acceptors (Lipinski definition) is 3. The van der Waals surface area contributed by atoms with Crippen LogP contribution in [0.1, 0.15) is 63.5 Å². The summed E-state index contributed by atoms with van der Waals surface area (Å²) in [5, 5.41) is 3.63. The zero-order valence-corrected chi connectivity index (χ0v) is 24.4. The maximum absolute atomic E-state index is 14.2. The molecule has 3 atom stereocenters. The molecule has 1 spiro atoms. The number of nitrogens with zero attached hydrogens (tertiary/aromatic N) is 3. The van der Waals surface area contributed by atoms with E-state index in [9.17, 15) is 9.59 Å². The molecule has 6 nitrogen and oxygen atoms in total. The number of urea groups is 1. The number of hydrogen-bond donors (Lipinski definition) is 1. The molecule has 216 valence electrons. The Labute approximate surface area is 244 Å². The van der Waals surface area contributed by atoms with E-state index in [0.29, 0.717) is 12.0 Å². The van der Waals surface area contributed by atoms with Gasteiger partial charge in [-0.3, -0.25) is 4.79 Å². The molecular weight excluding hydrogens is 508 g/mol. The number of likely N-dealkylation sites (tertiary alicyclic amines) is 2. The van der Waals surface area contributed by atoms with E-state index in [1.807, 2.05) is 41.1 Å². The molecule has 0 bridgehead atoms. The van der Waals surface area contributed by atoms with E-state index in [1.165, 1.54) is 18.4 Å². The average molecular weight is 553 g/mol. The molecule has 3 aromatic rings. The first kappa shape index (κ1) is 27.8. The molecule has 1 saturated carbocycles. The van der Waals surface area contributed by atoms with Crippen LogP contribution >= 0.6 is 0 Å². The highest BCUT2D eigenvalue weighted by atomic mass is 16.2. The smallest absolute Gasteiger partial charge is 0.320 e. The summed E-state index contributed by atoms with van der Waals surface area (Å²) in [5.41, 5.74) is 3.42. The number of piperidine rings is 2. The fraction of sp³-hybridized carbons (Fsp3) is 0.486. The molecule has 2 saturated heterocycles. The summed E-state index contributed by atoms with van der Waals surface area (Å²) >= 11 is 0. The van der Waals surface area contributed by atoms with Crippen molar-refractivity contribution in [3.8, 4) is 11.1 Å². The Balaban J connectivity index is 1.19. The lowest BCUT2D eigenvalue weighted by molar-refractivity contribution is 0.0208. The second kappa shape index (κ2) is 12.2. The second-order valence-electron chi connectivity index (χ2n) is 12.4. The summed E-state index contributed by atoms with van der Waals surface area (Å²) < 4.78 is 1.91. The maximum Gasteiger partial charge on any atom is 0.320 e. The Kier molecular flexibility index (Phi) is 8.29. The molecule has 1 aromatic heterocycles. The average Bonchev–Trinajstić information content (AvgIpc) is 3.48. The Bertz CT molecular complexity index is 1370.